The van der Waals surface area contributed by atoms with Crippen LogP contribution < -0.4 is 0 Å². The minimum Gasteiger partial charge on any atom is -0.396 e. The van der Waals surface area contributed by atoms with Crippen molar-refractivity contribution in [2.75, 3.05) is 13.2 Å². The highest BCUT2D eigenvalue weighted by Crippen LogP contribution is 2.14. The predicted molar refractivity (Wildman–Crippen MR) is 38.9 cm³/mol. The third kappa shape index (κ3) is 2.35. The fourth-order valence-electron chi connectivity index (χ4n) is 0.692. The average molecular weight is 143 g/mol. The Kier molecular flexibility index (Phi) is 3.22. The van der Waals surface area contributed by atoms with E-state index < -0.39 is 0 Å². The van der Waals surface area contributed by atoms with Gasteiger partial charge in [-0.2, -0.15) is 0 Å². The summed E-state index contributed by atoms with van der Waals surface area (Å²) >= 11 is 0. The lowest BCUT2D eigenvalue weighted by atomic mass is 9.98. The minimum absolute atomic E-state index is 0.185. The second-order valence-electron chi connectivity index (χ2n) is 2.42. The first-order valence-electron chi connectivity index (χ1n) is 3.72. The lowest BCUT2D eigenvalue weighted by molar-refractivity contribution is 0.122. The van der Waals surface area contributed by atoms with Crippen molar-refractivity contribution >= 4 is 5.71 Å². The molecule has 1 N–H and O–H groups in total. The molecular formula is C7H13NO2. The summed E-state index contributed by atoms with van der Waals surface area (Å²) in [5, 5.41) is 12.2. The van der Waals surface area contributed by atoms with Crippen LogP contribution in [0.15, 0.2) is 5.16 Å². The smallest absolute Gasteiger partial charge is 0.119 e. The van der Waals surface area contributed by atoms with Gasteiger partial charge in [0, 0.05) is 13.0 Å². The van der Waals surface area contributed by atoms with Crippen LogP contribution in [0.1, 0.15) is 25.7 Å². The highest BCUT2D eigenvalue weighted by atomic mass is 16.6. The van der Waals surface area contributed by atoms with Gasteiger partial charge in [-0.3, -0.25) is 0 Å². The Morgan fingerprint density at radius 2 is 2.30 bits per heavy atom. The highest BCUT2D eigenvalue weighted by Gasteiger charge is 2.09. The molecule has 0 heterocycles. The van der Waals surface area contributed by atoms with Gasteiger partial charge in [0.15, 0.2) is 0 Å². The molecule has 0 aromatic heterocycles. The fraction of sp³-hybridized carbons (Fsp3) is 0.857. The van der Waals surface area contributed by atoms with E-state index in [9.17, 15) is 0 Å². The van der Waals surface area contributed by atoms with Crippen molar-refractivity contribution in [3.63, 3.8) is 0 Å². The van der Waals surface area contributed by atoms with E-state index >= 15 is 0 Å². The number of hydrogen-bond donors (Lipinski definition) is 1. The van der Waals surface area contributed by atoms with E-state index in [0.717, 1.165) is 18.6 Å². The van der Waals surface area contributed by atoms with Gasteiger partial charge in [-0.05, 0) is 19.3 Å². The molecule has 0 unspecified atom stereocenters. The van der Waals surface area contributed by atoms with Crippen LogP contribution in [0.3, 0.4) is 0 Å². The van der Waals surface area contributed by atoms with Gasteiger partial charge in [0.1, 0.15) is 6.61 Å². The van der Waals surface area contributed by atoms with Crippen molar-refractivity contribution in [1.82, 2.24) is 0 Å². The van der Waals surface area contributed by atoms with Crippen LogP contribution in [0.4, 0.5) is 0 Å². The zero-order valence-corrected chi connectivity index (χ0v) is 6.05. The second-order valence-corrected chi connectivity index (χ2v) is 2.42. The number of rotatable bonds is 4. The van der Waals surface area contributed by atoms with E-state index in [-0.39, 0.29) is 6.61 Å². The standard InChI is InChI=1S/C7H13NO2/c9-5-2-6-10-8-7-3-1-4-7/h9H,1-6H2. The summed E-state index contributed by atoms with van der Waals surface area (Å²) in [6, 6.07) is 0. The molecule has 1 rings (SSSR count). The maximum absolute atomic E-state index is 8.37. The largest absolute Gasteiger partial charge is 0.396 e. The molecule has 1 saturated carbocycles. The van der Waals surface area contributed by atoms with E-state index in [4.69, 9.17) is 9.94 Å². The molecule has 0 aliphatic heterocycles. The van der Waals surface area contributed by atoms with Crippen molar-refractivity contribution in [3.05, 3.63) is 0 Å². The Morgan fingerprint density at radius 1 is 1.50 bits per heavy atom. The monoisotopic (exact) mass is 143 g/mol. The van der Waals surface area contributed by atoms with Crippen molar-refractivity contribution in [3.8, 4) is 0 Å². The van der Waals surface area contributed by atoms with Crippen LogP contribution in [0.25, 0.3) is 0 Å². The molecule has 3 nitrogen and oxygen atoms in total. The molecule has 0 radical (unpaired) electrons. The van der Waals surface area contributed by atoms with Crippen LogP contribution in [-0.2, 0) is 4.84 Å². The van der Waals surface area contributed by atoms with Gasteiger partial charge in [-0.25, -0.2) is 0 Å². The minimum atomic E-state index is 0.185. The van der Waals surface area contributed by atoms with Gasteiger partial charge in [0.25, 0.3) is 0 Å². The number of oxime groups is 1. The van der Waals surface area contributed by atoms with E-state index in [1.165, 1.54) is 6.42 Å². The molecule has 0 bridgehead atoms. The summed E-state index contributed by atoms with van der Waals surface area (Å²) < 4.78 is 0. The molecule has 0 amide bonds. The van der Waals surface area contributed by atoms with Crippen LogP contribution in [0.2, 0.25) is 0 Å². The van der Waals surface area contributed by atoms with Crippen LogP contribution in [-0.4, -0.2) is 24.0 Å². The number of aliphatic hydroxyl groups excluding tert-OH is 1. The molecule has 1 fully saturated rings. The van der Waals surface area contributed by atoms with Crippen molar-refractivity contribution in [2.45, 2.75) is 25.7 Å². The summed E-state index contributed by atoms with van der Waals surface area (Å²) in [5.41, 5.74) is 1.16. The van der Waals surface area contributed by atoms with Crippen molar-refractivity contribution in [2.24, 2.45) is 5.16 Å². The van der Waals surface area contributed by atoms with Gasteiger partial charge in [0.2, 0.25) is 0 Å². The SMILES string of the molecule is OCCCON=C1CCC1. The van der Waals surface area contributed by atoms with Gasteiger partial charge < -0.3 is 9.94 Å². The third-order valence-corrected chi connectivity index (χ3v) is 1.52. The van der Waals surface area contributed by atoms with Crippen molar-refractivity contribution in [1.29, 1.82) is 0 Å². The number of nitrogens with zero attached hydrogens (tertiary/aromatic N) is 1. The summed E-state index contributed by atoms with van der Waals surface area (Å²) in [6.45, 7) is 0.727. The van der Waals surface area contributed by atoms with Gasteiger partial charge >= 0.3 is 0 Å². The molecule has 0 spiro atoms. The first kappa shape index (κ1) is 7.54. The molecule has 3 heteroatoms. The number of hydrogen-bond acceptors (Lipinski definition) is 3. The van der Waals surface area contributed by atoms with Gasteiger partial charge in [0.05, 0.1) is 5.71 Å². The first-order chi connectivity index (χ1) is 4.93. The zero-order chi connectivity index (χ0) is 7.23. The van der Waals surface area contributed by atoms with Crippen LogP contribution in [0, 0.1) is 0 Å². The fourth-order valence-corrected chi connectivity index (χ4v) is 0.692. The van der Waals surface area contributed by atoms with Crippen LogP contribution in [0.5, 0.6) is 0 Å². The predicted octanol–water partition coefficient (Wildman–Crippen LogP) is 0.925. The second kappa shape index (κ2) is 4.28. The van der Waals surface area contributed by atoms with Crippen molar-refractivity contribution < 1.29 is 9.94 Å². The van der Waals surface area contributed by atoms with E-state index in [1.807, 2.05) is 0 Å². The molecule has 10 heavy (non-hydrogen) atoms. The zero-order valence-electron chi connectivity index (χ0n) is 6.05. The summed E-state index contributed by atoms with van der Waals surface area (Å²) in [6.07, 6.45) is 4.12. The van der Waals surface area contributed by atoms with Crippen LogP contribution >= 0.6 is 0 Å². The molecule has 0 atom stereocenters. The summed E-state index contributed by atoms with van der Waals surface area (Å²) in [4.78, 5) is 4.91. The van der Waals surface area contributed by atoms with Gasteiger partial charge in [-0.15, -0.1) is 0 Å². The Hall–Kier alpha value is -0.570. The lowest BCUT2D eigenvalue weighted by Gasteiger charge is -2.12. The first-order valence-corrected chi connectivity index (χ1v) is 3.72. The quantitative estimate of drug-likeness (QED) is 0.469. The molecule has 1 aliphatic carbocycles. The summed E-state index contributed by atoms with van der Waals surface area (Å²) in [7, 11) is 0. The topological polar surface area (TPSA) is 41.8 Å². The van der Waals surface area contributed by atoms with E-state index in [1.54, 1.807) is 0 Å². The molecule has 1 aliphatic rings. The third-order valence-electron chi connectivity index (χ3n) is 1.52. The van der Waals surface area contributed by atoms with E-state index in [0.29, 0.717) is 13.0 Å². The van der Waals surface area contributed by atoms with E-state index in [2.05, 4.69) is 5.16 Å². The maximum Gasteiger partial charge on any atom is 0.119 e. The lowest BCUT2D eigenvalue weighted by Crippen LogP contribution is -2.10. The highest BCUT2D eigenvalue weighted by molar-refractivity contribution is 5.88. The molecule has 0 aromatic rings. The Labute approximate surface area is 60.7 Å². The Morgan fingerprint density at radius 3 is 2.80 bits per heavy atom. The molecule has 0 saturated heterocycles. The van der Waals surface area contributed by atoms with Gasteiger partial charge in [-0.1, -0.05) is 5.16 Å². The molecular weight excluding hydrogens is 130 g/mol. The maximum atomic E-state index is 8.37. The normalized spacial score (nSPS) is 16.3. The Balaban J connectivity index is 1.93. The molecule has 58 valence electrons. The molecule has 0 aromatic carbocycles. The average Bonchev–Trinajstić information content (AvgIpc) is 1.84. The summed E-state index contributed by atoms with van der Waals surface area (Å²) in [5.74, 6) is 0. The number of aliphatic hydroxyl groups is 1. The Bertz CT molecular complexity index is 117.